The van der Waals surface area contributed by atoms with Crippen LogP contribution in [0.1, 0.15) is 60.8 Å². The van der Waals surface area contributed by atoms with Gasteiger partial charge in [-0.25, -0.2) is 4.39 Å². The monoisotopic (exact) mass is 474 g/mol. The molecule has 4 rings (SSSR count). The zero-order chi connectivity index (χ0) is 25.0. The summed E-state index contributed by atoms with van der Waals surface area (Å²) in [6.45, 7) is 6.01. The number of amides is 2. The maximum atomic E-state index is 13.9. The molecule has 1 atom stereocenters. The van der Waals surface area contributed by atoms with Gasteiger partial charge >= 0.3 is 0 Å². The van der Waals surface area contributed by atoms with Gasteiger partial charge in [0.2, 0.25) is 11.8 Å². The minimum atomic E-state index is -1.14. The third-order valence-electron chi connectivity index (χ3n) is 6.32. The maximum absolute atomic E-state index is 13.9. The van der Waals surface area contributed by atoms with E-state index in [0.29, 0.717) is 18.5 Å². The summed E-state index contributed by atoms with van der Waals surface area (Å²) in [5.74, 6) is -1.02. The first-order chi connectivity index (χ1) is 16.7. The number of likely N-dealkylation sites (tertiary alicyclic amines) is 1. The summed E-state index contributed by atoms with van der Waals surface area (Å²) < 4.78 is 13.9. The highest BCUT2D eigenvalue weighted by atomic mass is 19.1. The zero-order valence-electron chi connectivity index (χ0n) is 20.4. The van der Waals surface area contributed by atoms with Gasteiger partial charge in [-0.2, -0.15) is 0 Å². The number of aromatic nitrogens is 2. The van der Waals surface area contributed by atoms with Crippen molar-refractivity contribution in [3.63, 3.8) is 0 Å². The Labute approximate surface area is 205 Å². The average Bonchev–Trinajstić information content (AvgIpc) is 3.30. The van der Waals surface area contributed by atoms with Crippen LogP contribution in [-0.2, 0) is 22.4 Å². The van der Waals surface area contributed by atoms with Crippen LogP contribution in [-0.4, -0.2) is 38.8 Å². The Morgan fingerprint density at radius 1 is 1.14 bits per heavy atom. The quantitative estimate of drug-likeness (QED) is 0.554. The van der Waals surface area contributed by atoms with Crippen molar-refractivity contribution in [2.75, 3.05) is 6.54 Å². The molecule has 0 saturated carbocycles. The lowest BCUT2D eigenvalue weighted by Gasteiger charge is -2.33. The summed E-state index contributed by atoms with van der Waals surface area (Å²) in [6, 6.07) is 14.2. The van der Waals surface area contributed by atoms with Gasteiger partial charge in [0.15, 0.2) is 0 Å². The van der Waals surface area contributed by atoms with Crippen LogP contribution in [0.4, 0.5) is 4.39 Å². The molecule has 0 bridgehead atoms. The molecule has 0 aliphatic carbocycles. The third kappa shape index (κ3) is 5.91. The van der Waals surface area contributed by atoms with Gasteiger partial charge in [0.25, 0.3) is 0 Å². The van der Waals surface area contributed by atoms with Gasteiger partial charge in [0.1, 0.15) is 11.4 Å². The van der Waals surface area contributed by atoms with Crippen LogP contribution in [0, 0.1) is 12.7 Å². The molecule has 3 aromatic rings. The molecule has 2 amide bonds. The van der Waals surface area contributed by atoms with Gasteiger partial charge in [-0.15, -0.1) is 0 Å². The van der Waals surface area contributed by atoms with Crippen LogP contribution in [0.3, 0.4) is 0 Å². The lowest BCUT2D eigenvalue weighted by atomic mass is 10.0. The molecule has 1 aliphatic rings. The van der Waals surface area contributed by atoms with Crippen LogP contribution in [0.25, 0.3) is 0 Å². The largest absolute Gasteiger partial charge is 0.342 e. The van der Waals surface area contributed by atoms with Crippen LogP contribution in [0.15, 0.2) is 60.9 Å². The first-order valence-corrected chi connectivity index (χ1v) is 11.9. The second-order valence-corrected chi connectivity index (χ2v) is 9.70. The minimum Gasteiger partial charge on any atom is -0.342 e. The van der Waals surface area contributed by atoms with Crippen LogP contribution >= 0.6 is 0 Å². The van der Waals surface area contributed by atoms with Crippen molar-refractivity contribution in [2.24, 2.45) is 0 Å². The second kappa shape index (κ2) is 10.3. The molecule has 35 heavy (non-hydrogen) atoms. The zero-order valence-corrected chi connectivity index (χ0v) is 20.4. The first-order valence-electron chi connectivity index (χ1n) is 11.9. The summed E-state index contributed by atoms with van der Waals surface area (Å²) in [7, 11) is 0. The molecule has 6 nitrogen and oxygen atoms in total. The van der Waals surface area contributed by atoms with Gasteiger partial charge in [-0.3, -0.25) is 19.6 Å². The number of hydrogen-bond donors (Lipinski definition) is 1. The lowest BCUT2D eigenvalue weighted by Crippen LogP contribution is -2.56. The van der Waals surface area contributed by atoms with E-state index in [4.69, 9.17) is 4.98 Å². The highest BCUT2D eigenvalue weighted by Crippen LogP contribution is 2.32. The molecule has 1 unspecified atom stereocenters. The summed E-state index contributed by atoms with van der Waals surface area (Å²) in [5, 5.41) is 2.80. The summed E-state index contributed by atoms with van der Waals surface area (Å²) in [5.41, 5.74) is 3.12. The molecule has 0 radical (unpaired) electrons. The molecule has 1 aliphatic heterocycles. The van der Waals surface area contributed by atoms with E-state index in [1.807, 2.05) is 6.07 Å². The van der Waals surface area contributed by atoms with Crippen molar-refractivity contribution in [3.05, 3.63) is 94.8 Å². The molecule has 2 aromatic carbocycles. The topological polar surface area (TPSA) is 75.2 Å². The number of benzene rings is 2. The van der Waals surface area contributed by atoms with Gasteiger partial charge in [-0.05, 0) is 50.8 Å². The molecular formula is C28H31FN4O2. The normalized spacial score (nSPS) is 15.8. The molecule has 1 N–H and O–H groups in total. The Morgan fingerprint density at radius 2 is 1.94 bits per heavy atom. The number of nitrogens with zero attached hydrogens (tertiary/aromatic N) is 3. The number of carbonyl (C=O) groups excluding carboxylic acids is 2. The number of carbonyl (C=O) groups is 2. The molecule has 0 spiro atoms. The molecule has 1 aromatic heterocycles. The Balaban J connectivity index is 1.46. The van der Waals surface area contributed by atoms with Crippen LogP contribution in [0.2, 0.25) is 0 Å². The molecule has 1 saturated heterocycles. The van der Waals surface area contributed by atoms with E-state index in [2.05, 4.69) is 35.4 Å². The Kier molecular flexibility index (Phi) is 7.24. The van der Waals surface area contributed by atoms with Gasteiger partial charge < -0.3 is 10.2 Å². The third-order valence-corrected chi connectivity index (χ3v) is 6.32. The van der Waals surface area contributed by atoms with Crippen molar-refractivity contribution in [1.82, 2.24) is 20.2 Å². The molecule has 182 valence electrons. The Bertz CT molecular complexity index is 1230. The predicted molar refractivity (Wildman–Crippen MR) is 132 cm³/mol. The summed E-state index contributed by atoms with van der Waals surface area (Å²) >= 11 is 0. The number of aryl methyl sites for hydroxylation is 1. The molecule has 2 heterocycles. The number of rotatable bonds is 7. The van der Waals surface area contributed by atoms with Crippen LogP contribution < -0.4 is 5.32 Å². The fraction of sp³-hybridized carbons (Fsp3) is 0.357. The van der Waals surface area contributed by atoms with Crippen molar-refractivity contribution < 1.29 is 14.0 Å². The maximum Gasteiger partial charge on any atom is 0.248 e. The molecular weight excluding hydrogens is 443 g/mol. The Hall–Kier alpha value is -3.61. The lowest BCUT2D eigenvalue weighted by molar-refractivity contribution is -0.141. The van der Waals surface area contributed by atoms with Crippen molar-refractivity contribution >= 4 is 11.8 Å². The first kappa shape index (κ1) is 24.5. The Morgan fingerprint density at radius 3 is 2.71 bits per heavy atom. The number of halogens is 1. The van der Waals surface area contributed by atoms with E-state index < -0.39 is 17.3 Å². The van der Waals surface area contributed by atoms with Gasteiger partial charge in [-0.1, -0.05) is 48.0 Å². The fourth-order valence-electron chi connectivity index (χ4n) is 4.64. The standard InChI is InChI=1S/C28H31FN4O2/c1-19-8-6-9-20(14-19)15-22-17-30-18-24(31-22)25-12-7-13-33(25)27(35)28(2,3)32-26(34)16-21-10-4-5-11-23(21)29/h4-6,8-11,14,17-18,25H,7,12-13,15-16H2,1-3H3,(H,32,34). The van der Waals surface area contributed by atoms with E-state index in [-0.39, 0.29) is 18.4 Å². The van der Waals surface area contributed by atoms with Crippen molar-refractivity contribution in [2.45, 2.75) is 58.0 Å². The fourth-order valence-corrected chi connectivity index (χ4v) is 4.64. The van der Waals surface area contributed by atoms with E-state index in [9.17, 15) is 14.0 Å². The highest BCUT2D eigenvalue weighted by Gasteiger charge is 2.40. The number of nitrogens with one attached hydrogen (secondary N) is 1. The van der Waals surface area contributed by atoms with Gasteiger partial charge in [0, 0.05) is 19.2 Å². The van der Waals surface area contributed by atoms with E-state index in [1.165, 1.54) is 11.6 Å². The minimum absolute atomic E-state index is 0.126. The van der Waals surface area contributed by atoms with E-state index in [0.717, 1.165) is 29.8 Å². The predicted octanol–water partition coefficient (Wildman–Crippen LogP) is 4.32. The summed E-state index contributed by atoms with van der Waals surface area (Å²) in [4.78, 5) is 37.1. The molecule has 1 fully saturated rings. The number of hydrogen-bond acceptors (Lipinski definition) is 4. The average molecular weight is 475 g/mol. The highest BCUT2D eigenvalue weighted by molar-refractivity contribution is 5.91. The van der Waals surface area contributed by atoms with E-state index >= 15 is 0 Å². The second-order valence-electron chi connectivity index (χ2n) is 9.70. The summed E-state index contributed by atoms with van der Waals surface area (Å²) in [6.07, 6.45) is 5.66. The SMILES string of the molecule is Cc1cccc(Cc2cncc(C3CCCN3C(=O)C(C)(C)NC(=O)Cc3ccccc3F)n2)c1. The van der Waals surface area contributed by atoms with E-state index in [1.54, 1.807) is 49.3 Å². The molecule has 7 heteroatoms. The van der Waals surface area contributed by atoms with Gasteiger partial charge in [0.05, 0.1) is 30.0 Å². The van der Waals surface area contributed by atoms with Crippen molar-refractivity contribution in [3.8, 4) is 0 Å². The van der Waals surface area contributed by atoms with Crippen LogP contribution in [0.5, 0.6) is 0 Å². The smallest absolute Gasteiger partial charge is 0.248 e. The van der Waals surface area contributed by atoms with Crippen molar-refractivity contribution in [1.29, 1.82) is 0 Å².